The smallest absolute Gasteiger partial charge is 0.260 e. The summed E-state index contributed by atoms with van der Waals surface area (Å²) in [7, 11) is 0. The van der Waals surface area contributed by atoms with Crippen molar-refractivity contribution >= 4 is 11.8 Å². The predicted octanol–water partition coefficient (Wildman–Crippen LogP) is 3.24. The molecule has 1 aliphatic heterocycles. The van der Waals surface area contributed by atoms with Crippen molar-refractivity contribution in [1.29, 1.82) is 0 Å². The number of aryl methyl sites for hydroxylation is 1. The van der Waals surface area contributed by atoms with Crippen LogP contribution in [0.5, 0.6) is 5.75 Å². The zero-order valence-electron chi connectivity index (χ0n) is 16.2. The molecule has 0 radical (unpaired) electrons. The van der Waals surface area contributed by atoms with Gasteiger partial charge in [-0.15, -0.1) is 0 Å². The Labute approximate surface area is 164 Å². The zero-order chi connectivity index (χ0) is 20.1. The lowest BCUT2D eigenvalue weighted by Gasteiger charge is -2.32. The van der Waals surface area contributed by atoms with Gasteiger partial charge in [0.2, 0.25) is 0 Å². The molecule has 1 N–H and O–H groups in total. The number of benzene rings is 2. The molecule has 2 aromatic carbocycles. The van der Waals surface area contributed by atoms with E-state index in [1.165, 1.54) is 12.1 Å². The van der Waals surface area contributed by atoms with Gasteiger partial charge in [0.25, 0.3) is 11.8 Å². The first-order valence-electron chi connectivity index (χ1n) is 9.48. The summed E-state index contributed by atoms with van der Waals surface area (Å²) in [5, 5.41) is 2.86. The van der Waals surface area contributed by atoms with Crippen molar-refractivity contribution in [2.24, 2.45) is 0 Å². The number of likely N-dealkylation sites (tertiary alicyclic amines) is 1. The van der Waals surface area contributed by atoms with E-state index in [1.807, 2.05) is 32.0 Å². The normalized spacial score (nSPS) is 14.6. The minimum atomic E-state index is -0.531. The van der Waals surface area contributed by atoms with Crippen molar-refractivity contribution < 1.29 is 18.7 Å². The van der Waals surface area contributed by atoms with Crippen molar-refractivity contribution in [2.45, 2.75) is 32.7 Å². The van der Waals surface area contributed by atoms with E-state index >= 15 is 0 Å². The molecule has 0 aromatic heterocycles. The summed E-state index contributed by atoms with van der Waals surface area (Å²) in [5.74, 6) is -0.294. The fourth-order valence-electron chi connectivity index (χ4n) is 3.29. The number of nitrogens with zero attached hydrogens (tertiary/aromatic N) is 1. The van der Waals surface area contributed by atoms with Gasteiger partial charge < -0.3 is 15.0 Å². The van der Waals surface area contributed by atoms with Crippen LogP contribution in [0.25, 0.3) is 0 Å². The highest BCUT2D eigenvalue weighted by molar-refractivity contribution is 5.94. The van der Waals surface area contributed by atoms with Crippen LogP contribution in [0, 0.1) is 19.7 Å². The third kappa shape index (κ3) is 4.68. The van der Waals surface area contributed by atoms with Crippen LogP contribution in [-0.2, 0) is 4.79 Å². The van der Waals surface area contributed by atoms with Gasteiger partial charge in [0.1, 0.15) is 11.6 Å². The Morgan fingerprint density at radius 2 is 1.82 bits per heavy atom. The maximum Gasteiger partial charge on any atom is 0.260 e. The van der Waals surface area contributed by atoms with E-state index in [4.69, 9.17) is 4.74 Å². The number of halogens is 1. The van der Waals surface area contributed by atoms with Gasteiger partial charge >= 0.3 is 0 Å². The average molecular weight is 384 g/mol. The van der Waals surface area contributed by atoms with Crippen LogP contribution in [-0.4, -0.2) is 42.5 Å². The minimum Gasteiger partial charge on any atom is -0.483 e. The Bertz CT molecular complexity index is 861. The fraction of sp³-hybridized carbons (Fsp3) is 0.364. The number of hydrogen-bond acceptors (Lipinski definition) is 3. The SMILES string of the molecule is Cc1cccc(OCC(=O)N2CCC(NC(=O)c3ccccc3F)CC2)c1C. The Morgan fingerprint density at radius 1 is 1.11 bits per heavy atom. The molecular formula is C22H25FN2O3. The fourth-order valence-corrected chi connectivity index (χ4v) is 3.29. The molecular weight excluding hydrogens is 359 g/mol. The molecule has 0 unspecified atom stereocenters. The van der Waals surface area contributed by atoms with Crippen molar-refractivity contribution in [3.8, 4) is 5.75 Å². The molecule has 0 atom stereocenters. The predicted molar refractivity (Wildman–Crippen MR) is 105 cm³/mol. The number of rotatable bonds is 5. The summed E-state index contributed by atoms with van der Waals surface area (Å²) < 4.78 is 19.4. The van der Waals surface area contributed by atoms with Crippen molar-refractivity contribution in [3.63, 3.8) is 0 Å². The van der Waals surface area contributed by atoms with Crippen LogP contribution in [0.1, 0.15) is 34.3 Å². The molecule has 1 aliphatic rings. The molecule has 6 heteroatoms. The van der Waals surface area contributed by atoms with E-state index in [9.17, 15) is 14.0 Å². The summed E-state index contributed by atoms with van der Waals surface area (Å²) >= 11 is 0. The van der Waals surface area contributed by atoms with Crippen molar-refractivity contribution in [2.75, 3.05) is 19.7 Å². The highest BCUT2D eigenvalue weighted by atomic mass is 19.1. The third-order valence-electron chi connectivity index (χ3n) is 5.21. The minimum absolute atomic E-state index is 0.00343. The van der Waals surface area contributed by atoms with Crippen LogP contribution in [0.2, 0.25) is 0 Å². The monoisotopic (exact) mass is 384 g/mol. The molecule has 1 fully saturated rings. The van der Waals surface area contributed by atoms with Gasteiger partial charge in [-0.05, 0) is 56.0 Å². The maximum atomic E-state index is 13.7. The van der Waals surface area contributed by atoms with Crippen LogP contribution in [0.3, 0.4) is 0 Å². The molecule has 2 aromatic rings. The molecule has 0 spiro atoms. The first-order chi connectivity index (χ1) is 13.5. The number of carbonyl (C=O) groups is 2. The quantitative estimate of drug-likeness (QED) is 0.861. The topological polar surface area (TPSA) is 58.6 Å². The maximum absolute atomic E-state index is 13.7. The first kappa shape index (κ1) is 19.9. The lowest BCUT2D eigenvalue weighted by atomic mass is 10.0. The Balaban J connectivity index is 1.47. The number of hydrogen-bond donors (Lipinski definition) is 1. The van der Waals surface area contributed by atoms with E-state index in [1.54, 1.807) is 17.0 Å². The molecule has 0 aliphatic carbocycles. The van der Waals surface area contributed by atoms with Crippen LogP contribution in [0.4, 0.5) is 4.39 Å². The second kappa shape index (κ2) is 8.87. The summed E-state index contributed by atoms with van der Waals surface area (Å²) in [5.41, 5.74) is 2.20. The van der Waals surface area contributed by atoms with Gasteiger partial charge in [-0.25, -0.2) is 4.39 Å². The van der Waals surface area contributed by atoms with E-state index in [0.717, 1.165) is 16.9 Å². The molecule has 148 valence electrons. The lowest BCUT2D eigenvalue weighted by Crippen LogP contribution is -2.47. The number of ether oxygens (including phenoxy) is 1. The molecule has 5 nitrogen and oxygen atoms in total. The van der Waals surface area contributed by atoms with Crippen LogP contribution >= 0.6 is 0 Å². The van der Waals surface area contributed by atoms with Gasteiger partial charge in [-0.2, -0.15) is 0 Å². The Morgan fingerprint density at radius 3 is 2.54 bits per heavy atom. The molecule has 3 rings (SSSR count). The van der Waals surface area contributed by atoms with Gasteiger partial charge in [0, 0.05) is 19.1 Å². The van der Waals surface area contributed by atoms with Gasteiger partial charge in [0.15, 0.2) is 6.61 Å². The lowest BCUT2D eigenvalue weighted by molar-refractivity contribution is -0.134. The standard InChI is InChI=1S/C22H25FN2O3/c1-15-6-5-9-20(16(15)2)28-14-21(26)25-12-10-17(11-13-25)24-22(27)18-7-3-4-8-19(18)23/h3-9,17H,10-14H2,1-2H3,(H,24,27). The van der Waals surface area contributed by atoms with Crippen LogP contribution in [0.15, 0.2) is 42.5 Å². The second-order valence-corrected chi connectivity index (χ2v) is 7.10. The van der Waals surface area contributed by atoms with Crippen molar-refractivity contribution in [1.82, 2.24) is 10.2 Å². The zero-order valence-corrected chi connectivity index (χ0v) is 16.2. The van der Waals surface area contributed by atoms with Gasteiger partial charge in [0.05, 0.1) is 5.56 Å². The molecule has 2 amide bonds. The molecule has 0 bridgehead atoms. The van der Waals surface area contributed by atoms with Crippen molar-refractivity contribution in [3.05, 3.63) is 65.0 Å². The van der Waals surface area contributed by atoms with Gasteiger partial charge in [-0.3, -0.25) is 9.59 Å². The average Bonchev–Trinajstić information content (AvgIpc) is 2.69. The summed E-state index contributed by atoms with van der Waals surface area (Å²) in [4.78, 5) is 26.4. The van der Waals surface area contributed by atoms with E-state index in [-0.39, 0.29) is 24.1 Å². The van der Waals surface area contributed by atoms with Gasteiger partial charge in [-0.1, -0.05) is 24.3 Å². The number of piperidine rings is 1. The number of carbonyl (C=O) groups excluding carboxylic acids is 2. The highest BCUT2D eigenvalue weighted by Crippen LogP contribution is 2.21. The molecule has 28 heavy (non-hydrogen) atoms. The third-order valence-corrected chi connectivity index (χ3v) is 5.21. The largest absolute Gasteiger partial charge is 0.483 e. The molecule has 1 heterocycles. The summed E-state index contributed by atoms with van der Waals surface area (Å²) in [6.45, 7) is 5.05. The van der Waals surface area contributed by atoms with E-state index in [0.29, 0.717) is 25.9 Å². The molecule has 0 saturated carbocycles. The second-order valence-electron chi connectivity index (χ2n) is 7.10. The van der Waals surface area contributed by atoms with E-state index < -0.39 is 11.7 Å². The Hall–Kier alpha value is -2.89. The summed E-state index contributed by atoms with van der Waals surface area (Å²) in [6.07, 6.45) is 1.27. The first-order valence-corrected chi connectivity index (χ1v) is 9.48. The Kier molecular flexibility index (Phi) is 6.29. The molecule has 1 saturated heterocycles. The summed E-state index contributed by atoms with van der Waals surface area (Å²) in [6, 6.07) is 11.6. The van der Waals surface area contributed by atoms with E-state index in [2.05, 4.69) is 5.32 Å². The number of amides is 2. The van der Waals surface area contributed by atoms with Crippen LogP contribution < -0.4 is 10.1 Å². The highest BCUT2D eigenvalue weighted by Gasteiger charge is 2.25. The number of nitrogens with one attached hydrogen (secondary N) is 1.